The van der Waals surface area contributed by atoms with Gasteiger partial charge in [-0.15, -0.1) is 0 Å². The second-order valence-corrected chi connectivity index (χ2v) is 6.26. The van der Waals surface area contributed by atoms with Gasteiger partial charge in [-0.2, -0.15) is 5.26 Å². The van der Waals surface area contributed by atoms with E-state index in [1.54, 1.807) is 36.1 Å². The van der Waals surface area contributed by atoms with Crippen LogP contribution in [0.4, 0.5) is 5.69 Å². The number of nitriles is 1. The first-order valence-electron chi connectivity index (χ1n) is 8.74. The highest BCUT2D eigenvalue weighted by atomic mass is 16.5. The van der Waals surface area contributed by atoms with Crippen molar-refractivity contribution in [1.29, 1.82) is 5.26 Å². The average Bonchev–Trinajstić information content (AvgIpc) is 2.67. The number of anilines is 1. The molecule has 2 rings (SSSR count). The van der Waals surface area contributed by atoms with Gasteiger partial charge in [0, 0.05) is 19.5 Å². The fourth-order valence-electron chi connectivity index (χ4n) is 2.87. The molecule has 0 aromatic heterocycles. The van der Waals surface area contributed by atoms with Crippen molar-refractivity contribution in [3.05, 3.63) is 29.8 Å². The van der Waals surface area contributed by atoms with Crippen LogP contribution in [0.1, 0.15) is 38.7 Å². The Kier molecular flexibility index (Phi) is 6.73. The zero-order valence-electron chi connectivity index (χ0n) is 15.0. The third kappa shape index (κ3) is 4.82. The number of carbonyl (C=O) groups excluding carboxylic acids is 3. The van der Waals surface area contributed by atoms with E-state index in [1.165, 1.54) is 6.92 Å². The standard InChI is InChI=1S/C19H23N3O4/c1-3-17(23)22-10-6-8-15(12-22)19(25)26-13(2)18(24)21-16-9-5-4-7-14(16)11-20/h4-5,7,9,13,15H,3,6,8,10,12H2,1-2H3,(H,21,24). The Morgan fingerprint density at radius 1 is 1.38 bits per heavy atom. The van der Waals surface area contributed by atoms with Crippen LogP contribution in [0.15, 0.2) is 24.3 Å². The van der Waals surface area contributed by atoms with Gasteiger partial charge in [0.05, 0.1) is 17.2 Å². The second kappa shape index (κ2) is 8.99. The minimum Gasteiger partial charge on any atom is -0.452 e. The number of nitrogens with zero attached hydrogens (tertiary/aromatic N) is 2. The monoisotopic (exact) mass is 357 g/mol. The second-order valence-electron chi connectivity index (χ2n) is 6.26. The Labute approximate surface area is 152 Å². The fraction of sp³-hybridized carbons (Fsp3) is 0.474. The van der Waals surface area contributed by atoms with Gasteiger partial charge in [0.15, 0.2) is 6.10 Å². The van der Waals surface area contributed by atoms with Crippen LogP contribution in [0.5, 0.6) is 0 Å². The maximum atomic E-state index is 12.4. The SMILES string of the molecule is CCC(=O)N1CCCC(C(=O)OC(C)C(=O)Nc2ccccc2C#N)C1. The van der Waals surface area contributed by atoms with E-state index in [0.29, 0.717) is 37.2 Å². The number of piperidine rings is 1. The Morgan fingerprint density at radius 3 is 2.81 bits per heavy atom. The van der Waals surface area contributed by atoms with Crippen LogP contribution in [0.2, 0.25) is 0 Å². The minimum atomic E-state index is -0.994. The van der Waals surface area contributed by atoms with E-state index in [9.17, 15) is 14.4 Å². The van der Waals surface area contributed by atoms with Gasteiger partial charge in [-0.3, -0.25) is 14.4 Å². The molecule has 2 atom stereocenters. The molecule has 138 valence electrons. The molecule has 1 saturated heterocycles. The number of carbonyl (C=O) groups is 3. The summed E-state index contributed by atoms with van der Waals surface area (Å²) in [5.74, 6) is -1.38. The van der Waals surface area contributed by atoms with Crippen LogP contribution >= 0.6 is 0 Å². The van der Waals surface area contributed by atoms with Crippen molar-refractivity contribution in [3.8, 4) is 6.07 Å². The van der Waals surface area contributed by atoms with Gasteiger partial charge in [0.2, 0.25) is 5.91 Å². The third-order valence-corrected chi connectivity index (χ3v) is 4.38. The van der Waals surface area contributed by atoms with Gasteiger partial charge < -0.3 is 15.0 Å². The van der Waals surface area contributed by atoms with Crippen molar-refractivity contribution in [1.82, 2.24) is 4.90 Å². The summed E-state index contributed by atoms with van der Waals surface area (Å²) >= 11 is 0. The van der Waals surface area contributed by atoms with Gasteiger partial charge in [0.1, 0.15) is 6.07 Å². The van der Waals surface area contributed by atoms with Crippen LogP contribution < -0.4 is 5.32 Å². The normalized spacial score (nSPS) is 17.7. The summed E-state index contributed by atoms with van der Waals surface area (Å²) in [7, 11) is 0. The number of rotatable bonds is 5. The van der Waals surface area contributed by atoms with Crippen LogP contribution in [0, 0.1) is 17.2 Å². The number of para-hydroxylation sites is 1. The Balaban J connectivity index is 1.92. The molecule has 2 unspecified atom stereocenters. The fourth-order valence-corrected chi connectivity index (χ4v) is 2.87. The van der Waals surface area contributed by atoms with Gasteiger partial charge >= 0.3 is 5.97 Å². The number of nitrogens with one attached hydrogen (secondary N) is 1. The Bertz CT molecular complexity index is 726. The predicted octanol–water partition coefficient (Wildman–Crippen LogP) is 2.08. The zero-order valence-corrected chi connectivity index (χ0v) is 15.0. The van der Waals surface area contributed by atoms with Crippen molar-refractivity contribution in [2.75, 3.05) is 18.4 Å². The van der Waals surface area contributed by atoms with E-state index < -0.39 is 23.9 Å². The molecular formula is C19H23N3O4. The van der Waals surface area contributed by atoms with Crippen LogP contribution in [0.3, 0.4) is 0 Å². The maximum absolute atomic E-state index is 12.4. The molecule has 1 N–H and O–H groups in total. The quantitative estimate of drug-likeness (QED) is 0.813. The molecule has 1 aliphatic heterocycles. The topological polar surface area (TPSA) is 99.5 Å². The molecule has 7 heteroatoms. The average molecular weight is 357 g/mol. The summed E-state index contributed by atoms with van der Waals surface area (Å²) in [4.78, 5) is 38.1. The molecule has 0 spiro atoms. The van der Waals surface area contributed by atoms with Crippen molar-refractivity contribution in [2.24, 2.45) is 5.92 Å². The summed E-state index contributed by atoms with van der Waals surface area (Å²) < 4.78 is 5.29. The lowest BCUT2D eigenvalue weighted by Gasteiger charge is -2.31. The van der Waals surface area contributed by atoms with Gasteiger partial charge in [-0.05, 0) is 31.9 Å². The van der Waals surface area contributed by atoms with E-state index in [0.717, 1.165) is 6.42 Å². The molecule has 1 aromatic carbocycles. The first-order valence-corrected chi connectivity index (χ1v) is 8.74. The summed E-state index contributed by atoms with van der Waals surface area (Å²) in [5, 5.41) is 11.7. The van der Waals surface area contributed by atoms with Gasteiger partial charge in [-0.25, -0.2) is 0 Å². The first-order chi connectivity index (χ1) is 12.5. The number of likely N-dealkylation sites (tertiary alicyclic amines) is 1. The molecule has 1 fully saturated rings. The van der Waals surface area contributed by atoms with Crippen LogP contribution in [-0.4, -0.2) is 41.9 Å². The summed E-state index contributed by atoms with van der Waals surface area (Å²) in [6, 6.07) is 8.60. The molecular weight excluding hydrogens is 334 g/mol. The molecule has 26 heavy (non-hydrogen) atoms. The number of amides is 2. The van der Waals surface area contributed by atoms with E-state index in [-0.39, 0.29) is 5.91 Å². The number of esters is 1. The number of hydrogen-bond acceptors (Lipinski definition) is 5. The highest BCUT2D eigenvalue weighted by Crippen LogP contribution is 2.20. The molecule has 7 nitrogen and oxygen atoms in total. The highest BCUT2D eigenvalue weighted by Gasteiger charge is 2.31. The first kappa shape index (κ1) is 19.4. The van der Waals surface area contributed by atoms with Gasteiger partial charge in [0.25, 0.3) is 5.91 Å². The molecule has 1 aliphatic rings. The maximum Gasteiger partial charge on any atom is 0.311 e. The van der Waals surface area contributed by atoms with Crippen molar-refractivity contribution < 1.29 is 19.1 Å². The van der Waals surface area contributed by atoms with E-state index in [1.807, 2.05) is 6.07 Å². The minimum absolute atomic E-state index is 0.0152. The van der Waals surface area contributed by atoms with Crippen LogP contribution in [0.25, 0.3) is 0 Å². The smallest absolute Gasteiger partial charge is 0.311 e. The molecule has 2 amide bonds. The van der Waals surface area contributed by atoms with Crippen molar-refractivity contribution in [3.63, 3.8) is 0 Å². The molecule has 1 heterocycles. The molecule has 1 aromatic rings. The lowest BCUT2D eigenvalue weighted by Crippen LogP contribution is -2.43. The molecule has 0 radical (unpaired) electrons. The summed E-state index contributed by atoms with van der Waals surface area (Å²) in [6.07, 6.45) is 0.782. The van der Waals surface area contributed by atoms with Crippen molar-refractivity contribution >= 4 is 23.5 Å². The summed E-state index contributed by atoms with van der Waals surface area (Å²) in [6.45, 7) is 4.25. The van der Waals surface area contributed by atoms with E-state index in [4.69, 9.17) is 10.00 Å². The van der Waals surface area contributed by atoms with Gasteiger partial charge in [-0.1, -0.05) is 19.1 Å². The molecule has 0 aliphatic carbocycles. The highest BCUT2D eigenvalue weighted by molar-refractivity contribution is 5.96. The largest absolute Gasteiger partial charge is 0.452 e. The van der Waals surface area contributed by atoms with E-state index in [2.05, 4.69) is 5.32 Å². The lowest BCUT2D eigenvalue weighted by atomic mass is 9.98. The Morgan fingerprint density at radius 2 is 2.12 bits per heavy atom. The molecule has 0 saturated carbocycles. The predicted molar refractivity (Wildman–Crippen MR) is 94.9 cm³/mol. The van der Waals surface area contributed by atoms with E-state index >= 15 is 0 Å². The number of benzene rings is 1. The zero-order chi connectivity index (χ0) is 19.1. The number of hydrogen-bond donors (Lipinski definition) is 1. The van der Waals surface area contributed by atoms with Crippen molar-refractivity contribution in [2.45, 2.75) is 39.2 Å². The lowest BCUT2D eigenvalue weighted by molar-refractivity contribution is -0.159. The summed E-state index contributed by atoms with van der Waals surface area (Å²) in [5.41, 5.74) is 0.709. The Hall–Kier alpha value is -2.88. The number of ether oxygens (including phenoxy) is 1. The molecule has 0 bridgehead atoms. The third-order valence-electron chi connectivity index (χ3n) is 4.38. The van der Waals surface area contributed by atoms with Crippen LogP contribution in [-0.2, 0) is 19.1 Å².